The van der Waals surface area contributed by atoms with Crippen LogP contribution in [0.1, 0.15) is 38.1 Å². The summed E-state index contributed by atoms with van der Waals surface area (Å²) in [7, 11) is 0. The molecule has 7 nitrogen and oxygen atoms in total. The van der Waals surface area contributed by atoms with Gasteiger partial charge in [0.2, 0.25) is 0 Å². The normalized spacial score (nSPS) is 16.0. The number of anilines is 2. The number of carboxylic acid groups (broad SMARTS) is 1. The van der Waals surface area contributed by atoms with Gasteiger partial charge in [-0.2, -0.15) is 0 Å². The van der Waals surface area contributed by atoms with Crippen molar-refractivity contribution in [3.63, 3.8) is 0 Å². The van der Waals surface area contributed by atoms with Crippen LogP contribution in [0.4, 0.5) is 29.3 Å². The number of likely N-dealkylation sites (tertiary alicyclic amines) is 1. The number of β-amino-alcohol motifs (C(OH)–C–C–N with tert-alkyl or cyclic N) is 1. The first-order chi connectivity index (χ1) is 15.7. The molecule has 34 heavy (non-hydrogen) atoms. The molecule has 0 aromatic heterocycles. The van der Waals surface area contributed by atoms with E-state index in [0.29, 0.717) is 3.57 Å². The number of aliphatic hydroxyl groups is 1. The van der Waals surface area contributed by atoms with E-state index in [0.717, 1.165) is 17.0 Å². The Kier molecular flexibility index (Phi) is 7.09. The highest BCUT2D eigenvalue weighted by atomic mass is 127. The fraction of sp³-hybridized carbons (Fsp3) is 0.391. The van der Waals surface area contributed by atoms with Gasteiger partial charge < -0.3 is 20.4 Å². The van der Waals surface area contributed by atoms with Crippen molar-refractivity contribution in [3.8, 4) is 0 Å². The molecule has 3 rings (SSSR count). The number of carbonyl (C=O) groups excluding carboxylic acids is 1. The van der Waals surface area contributed by atoms with Crippen molar-refractivity contribution in [1.29, 1.82) is 0 Å². The van der Waals surface area contributed by atoms with Gasteiger partial charge in [-0.05, 0) is 80.6 Å². The predicted octanol–water partition coefficient (Wildman–Crippen LogP) is 4.81. The minimum atomic E-state index is -1.53. The average Bonchev–Trinajstić information content (AvgIpc) is 2.69. The zero-order valence-corrected chi connectivity index (χ0v) is 21.2. The van der Waals surface area contributed by atoms with E-state index in [-0.39, 0.29) is 24.3 Å². The SMILES string of the molecule is C[C@@H](N(C(=O)O)C(C)(C)C)C1(O)CN(C(=O)c2ccc(F)c(F)c2Nc2ccc(I)cc2F)C1. The molecule has 0 spiro atoms. The number of hydrogen-bond donors (Lipinski definition) is 3. The van der Waals surface area contributed by atoms with E-state index in [1.54, 1.807) is 33.8 Å². The van der Waals surface area contributed by atoms with Crippen LogP contribution in [0, 0.1) is 21.0 Å². The van der Waals surface area contributed by atoms with Gasteiger partial charge in [-0.1, -0.05) is 0 Å². The van der Waals surface area contributed by atoms with E-state index in [1.165, 1.54) is 17.0 Å². The van der Waals surface area contributed by atoms with Gasteiger partial charge in [0, 0.05) is 9.11 Å². The van der Waals surface area contributed by atoms with E-state index in [4.69, 9.17) is 0 Å². The highest BCUT2D eigenvalue weighted by molar-refractivity contribution is 14.1. The Bertz CT molecular complexity index is 1130. The molecule has 2 aromatic carbocycles. The molecule has 1 aliphatic heterocycles. The van der Waals surface area contributed by atoms with Crippen molar-refractivity contribution in [3.05, 3.63) is 56.9 Å². The molecule has 2 amide bonds. The summed E-state index contributed by atoms with van der Waals surface area (Å²) in [5.41, 5.74) is -3.27. The summed E-state index contributed by atoms with van der Waals surface area (Å²) in [5.74, 6) is -4.00. The van der Waals surface area contributed by atoms with Gasteiger partial charge in [0.25, 0.3) is 5.91 Å². The van der Waals surface area contributed by atoms with Crippen molar-refractivity contribution >= 4 is 46.0 Å². The molecule has 0 bridgehead atoms. The number of nitrogens with one attached hydrogen (secondary N) is 1. The number of benzene rings is 2. The van der Waals surface area contributed by atoms with Gasteiger partial charge in [-0.15, -0.1) is 0 Å². The van der Waals surface area contributed by atoms with Gasteiger partial charge in [-0.25, -0.2) is 18.0 Å². The van der Waals surface area contributed by atoms with Crippen LogP contribution in [0.5, 0.6) is 0 Å². The van der Waals surface area contributed by atoms with Crippen LogP contribution in [0.15, 0.2) is 30.3 Å². The molecule has 1 heterocycles. The van der Waals surface area contributed by atoms with Crippen LogP contribution in [0.25, 0.3) is 0 Å². The predicted molar refractivity (Wildman–Crippen MR) is 129 cm³/mol. The summed E-state index contributed by atoms with van der Waals surface area (Å²) in [5, 5.41) is 23.1. The van der Waals surface area contributed by atoms with Gasteiger partial charge in [0.1, 0.15) is 11.4 Å². The Labute approximate surface area is 208 Å². The van der Waals surface area contributed by atoms with Gasteiger partial charge in [-0.3, -0.25) is 9.69 Å². The molecule has 0 radical (unpaired) electrons. The summed E-state index contributed by atoms with van der Waals surface area (Å²) in [6.45, 7) is 6.17. The summed E-state index contributed by atoms with van der Waals surface area (Å²) in [4.78, 5) is 27.2. The molecule has 0 unspecified atom stereocenters. The zero-order valence-electron chi connectivity index (χ0n) is 19.0. The number of hydrogen-bond acceptors (Lipinski definition) is 4. The van der Waals surface area contributed by atoms with Crippen LogP contribution in [0.3, 0.4) is 0 Å². The molecule has 2 aromatic rings. The molecule has 1 saturated heterocycles. The van der Waals surface area contributed by atoms with Crippen LogP contribution < -0.4 is 5.32 Å². The third-order valence-electron chi connectivity index (χ3n) is 5.83. The lowest BCUT2D eigenvalue weighted by Crippen LogP contribution is -2.73. The van der Waals surface area contributed by atoms with Crippen LogP contribution in [-0.2, 0) is 0 Å². The number of rotatable bonds is 5. The van der Waals surface area contributed by atoms with E-state index in [1.807, 2.05) is 22.6 Å². The monoisotopic (exact) mass is 591 g/mol. The van der Waals surface area contributed by atoms with Crippen molar-refractivity contribution in [1.82, 2.24) is 9.80 Å². The molecule has 0 saturated carbocycles. The third kappa shape index (κ3) is 4.95. The lowest BCUT2D eigenvalue weighted by molar-refractivity contribution is -0.133. The molecular formula is C23H25F3IN3O4. The minimum Gasteiger partial charge on any atom is -0.465 e. The van der Waals surface area contributed by atoms with Crippen LogP contribution in [0.2, 0.25) is 0 Å². The Morgan fingerprint density at radius 2 is 1.76 bits per heavy atom. The second-order valence-electron chi connectivity index (χ2n) is 9.30. The first-order valence-corrected chi connectivity index (χ1v) is 11.5. The van der Waals surface area contributed by atoms with Crippen molar-refractivity contribution in [2.45, 2.75) is 44.9 Å². The van der Waals surface area contributed by atoms with E-state index in [9.17, 15) is 33.0 Å². The maximum absolute atomic E-state index is 14.7. The fourth-order valence-electron chi connectivity index (χ4n) is 4.04. The first-order valence-electron chi connectivity index (χ1n) is 10.4. The third-order valence-corrected chi connectivity index (χ3v) is 6.50. The zero-order chi connectivity index (χ0) is 25.6. The van der Waals surface area contributed by atoms with Crippen molar-refractivity contribution in [2.75, 3.05) is 18.4 Å². The molecule has 1 aliphatic rings. The first kappa shape index (κ1) is 26.1. The number of halogens is 4. The van der Waals surface area contributed by atoms with Crippen LogP contribution >= 0.6 is 22.6 Å². The maximum Gasteiger partial charge on any atom is 0.408 e. The maximum atomic E-state index is 14.7. The average molecular weight is 591 g/mol. The molecule has 1 fully saturated rings. The topological polar surface area (TPSA) is 93.1 Å². The second kappa shape index (κ2) is 9.25. The molecule has 3 N–H and O–H groups in total. The fourth-order valence-corrected chi connectivity index (χ4v) is 4.50. The standard InChI is InChI=1S/C23H25F3IN3O4/c1-12(30(21(32)33)22(2,3)4)23(34)10-29(11-23)20(31)14-6-7-15(24)18(26)19(14)28-17-8-5-13(27)9-16(17)25/h5-9,12,28,34H,10-11H2,1-4H3,(H,32,33)/t12-/m1/s1. The quantitative estimate of drug-likeness (QED) is 0.435. The second-order valence-corrected chi connectivity index (χ2v) is 10.5. The molecule has 11 heteroatoms. The number of carbonyl (C=O) groups is 2. The van der Waals surface area contributed by atoms with E-state index < -0.39 is 52.3 Å². The molecular weight excluding hydrogens is 566 g/mol. The Morgan fingerprint density at radius 3 is 2.29 bits per heavy atom. The van der Waals surface area contributed by atoms with E-state index in [2.05, 4.69) is 5.32 Å². The summed E-state index contributed by atoms with van der Waals surface area (Å²) in [6, 6.07) is 5.11. The number of nitrogens with zero attached hydrogens (tertiary/aromatic N) is 2. The Hall–Kier alpha value is -2.54. The molecule has 0 aliphatic carbocycles. The summed E-state index contributed by atoms with van der Waals surface area (Å²) in [6.07, 6.45) is -1.22. The van der Waals surface area contributed by atoms with E-state index >= 15 is 0 Å². The highest BCUT2D eigenvalue weighted by Crippen LogP contribution is 2.35. The summed E-state index contributed by atoms with van der Waals surface area (Å²) >= 11 is 1.90. The highest BCUT2D eigenvalue weighted by Gasteiger charge is 2.52. The largest absolute Gasteiger partial charge is 0.465 e. The van der Waals surface area contributed by atoms with Gasteiger partial charge in [0.15, 0.2) is 11.6 Å². The molecule has 1 atom stereocenters. The Morgan fingerprint density at radius 1 is 1.15 bits per heavy atom. The lowest BCUT2D eigenvalue weighted by Gasteiger charge is -2.54. The number of amides is 2. The van der Waals surface area contributed by atoms with Crippen LogP contribution in [-0.4, -0.2) is 62.3 Å². The van der Waals surface area contributed by atoms with Gasteiger partial charge in [0.05, 0.1) is 36.1 Å². The summed E-state index contributed by atoms with van der Waals surface area (Å²) < 4.78 is 43.5. The Balaban J connectivity index is 1.86. The minimum absolute atomic E-state index is 0.144. The molecule has 184 valence electrons. The smallest absolute Gasteiger partial charge is 0.408 e. The van der Waals surface area contributed by atoms with Crippen molar-refractivity contribution < 1.29 is 33.0 Å². The van der Waals surface area contributed by atoms with Crippen molar-refractivity contribution in [2.24, 2.45) is 0 Å². The lowest BCUT2D eigenvalue weighted by atomic mass is 9.83. The van der Waals surface area contributed by atoms with Gasteiger partial charge >= 0.3 is 6.09 Å².